The Balaban J connectivity index is 1.27. The Morgan fingerprint density at radius 1 is 0.152 bits per heavy atom. The van der Waals surface area contributed by atoms with E-state index in [0.717, 1.165) is 0 Å². The summed E-state index contributed by atoms with van der Waals surface area (Å²) in [5, 5.41) is 84.1. The van der Waals surface area contributed by atoms with E-state index in [1.54, 1.807) is 205 Å². The molecule has 0 saturated heterocycles. The first-order chi connectivity index (χ1) is 32.7. The number of rotatable bonds is 0. The molecule has 28 aromatic carbocycles. The average Bonchev–Trinajstić information content (AvgIpc) is 4.17. The van der Waals surface area contributed by atoms with Crippen LogP contribution in [0.3, 0.4) is 0 Å². The molecule has 0 amide bonds. The van der Waals surface area contributed by atoms with Gasteiger partial charge in [-0.15, -0.1) is 0 Å². The van der Waals surface area contributed by atoms with Gasteiger partial charge in [0.2, 0.25) is 0 Å². The molecule has 0 unspecified atom stereocenters. The van der Waals surface area contributed by atoms with Gasteiger partial charge in [-0.2, -0.15) is 0 Å². The predicted molar refractivity (Wildman–Crippen MR) is 273 cm³/mol. The van der Waals surface area contributed by atoms with E-state index < -0.39 is 10.8 Å². The lowest BCUT2D eigenvalue weighted by molar-refractivity contribution is -0.140. The molecule has 5 aliphatic carbocycles. The van der Waals surface area contributed by atoms with Crippen LogP contribution in [0.4, 0.5) is 0 Å². The highest BCUT2D eigenvalue weighted by Crippen LogP contribution is 2.85. The first-order valence-corrected chi connectivity index (χ1v) is 24.6. The largest absolute Gasteiger partial charge is 0.291 e. The van der Waals surface area contributed by atoms with Crippen LogP contribution in [0.1, 0.15) is 35.1 Å². The van der Waals surface area contributed by atoms with Gasteiger partial charge in [0.1, 0.15) is 0 Å². The molecule has 0 N–H and O–H groups in total. The SMILES string of the molecule is O=C1CC23c4c5c6c7c8c9c(c%10c%11c2c2c4c4c%12c5c5c6c6c8c8c%13c9c9c%10c%10c%11c%11c2c2c4c4c%12c%12c5c5c6c8c6c8c%13c9c9c%10c%10c%11c2c2c4c4c%12c5c6c5c8c9c%10c2c45)C73CC1=O. The summed E-state index contributed by atoms with van der Waals surface area (Å²) in [6, 6.07) is 0. The lowest BCUT2D eigenvalue weighted by atomic mass is 9.43. The van der Waals surface area contributed by atoms with Gasteiger partial charge in [0.25, 0.3) is 0 Å². The van der Waals surface area contributed by atoms with Crippen LogP contribution in [0.25, 0.3) is 291 Å². The Labute approximate surface area is 356 Å². The van der Waals surface area contributed by atoms with Crippen molar-refractivity contribution >= 4 is 302 Å². The Morgan fingerprint density at radius 3 is 0.348 bits per heavy atom. The Morgan fingerprint density at radius 2 is 0.242 bits per heavy atom. The molecule has 0 aromatic heterocycles. The summed E-state index contributed by atoms with van der Waals surface area (Å²) < 4.78 is 0. The second-order valence-corrected chi connectivity index (χ2v) is 24.8. The summed E-state index contributed by atoms with van der Waals surface area (Å²) in [7, 11) is 0. The number of Topliss-reactive ketones (excluding diaryl/α,β-unsaturated/α-hetero) is 2. The molecule has 28 aromatic rings. The second-order valence-electron chi connectivity index (χ2n) is 24.8. The van der Waals surface area contributed by atoms with E-state index in [4.69, 9.17) is 0 Å². The van der Waals surface area contributed by atoms with Crippen molar-refractivity contribution in [3.63, 3.8) is 0 Å². The smallest absolute Gasteiger partial charge is 0.199 e. The molecule has 2 spiro atoms. The zero-order chi connectivity index (χ0) is 39.1. The molecule has 272 valence electrons. The fourth-order valence-electron chi connectivity index (χ4n) is 24.9. The lowest BCUT2D eigenvalue weighted by Crippen LogP contribution is -2.58. The van der Waals surface area contributed by atoms with Crippen molar-refractivity contribution in [1.82, 2.24) is 0 Å². The summed E-state index contributed by atoms with van der Waals surface area (Å²) >= 11 is 0. The Bertz CT molecular complexity index is 6550. The van der Waals surface area contributed by atoms with E-state index in [1.807, 2.05) is 0 Å². The summed E-state index contributed by atoms with van der Waals surface area (Å²) in [5.41, 5.74) is 4.67. The fourth-order valence-corrected chi connectivity index (χ4v) is 24.9. The standard InChI is InChI=1S/C64H4O2/c65-3-1-63-59-51-43-33-23-15-7-5-6-9-13-11(7)19-27-21(13)31-25-17(9)18-10(6)14-12-8(5)16(15)24-30-20(12)28-22(14)32-26(18)36-35(25)45-39(31)49-41(27)47(37(43)29(19)23)55(59)57(49)61-53(45)54-46(36)40(32)50-42(28)48-38(30)44(34(24)33)52(51)60(63)56(48)58(50)62(54)64(61,63)2-4(3)66/h1-2H2. The molecule has 5 aliphatic rings. The number of hydrogen-bond acceptors (Lipinski definition) is 2. The van der Waals surface area contributed by atoms with Crippen LogP contribution in [0.5, 0.6) is 0 Å². The van der Waals surface area contributed by atoms with Crippen molar-refractivity contribution < 1.29 is 9.59 Å². The lowest BCUT2D eigenvalue weighted by Gasteiger charge is -2.56. The highest BCUT2D eigenvalue weighted by molar-refractivity contribution is 6.82. The highest BCUT2D eigenvalue weighted by atomic mass is 16.2. The van der Waals surface area contributed by atoms with Crippen molar-refractivity contribution in [1.29, 1.82) is 0 Å². The maximum atomic E-state index is 15.2. The molecule has 1 saturated carbocycles. The van der Waals surface area contributed by atoms with Crippen molar-refractivity contribution in [2.45, 2.75) is 23.7 Å². The molecule has 0 aliphatic heterocycles. The summed E-state index contributed by atoms with van der Waals surface area (Å²) in [6.07, 6.45) is 0.586. The van der Waals surface area contributed by atoms with Crippen LogP contribution in [0, 0.1) is 0 Å². The maximum absolute atomic E-state index is 15.2. The molecule has 0 radical (unpaired) electrons. The summed E-state index contributed by atoms with van der Waals surface area (Å²) in [4.78, 5) is 30.4. The van der Waals surface area contributed by atoms with Crippen LogP contribution < -0.4 is 0 Å². The Hall–Kier alpha value is -8.20. The van der Waals surface area contributed by atoms with Crippen LogP contribution in [0.15, 0.2) is 0 Å². The van der Waals surface area contributed by atoms with E-state index >= 15 is 9.59 Å². The quantitative estimate of drug-likeness (QED) is 0.113. The second kappa shape index (κ2) is 5.12. The minimum absolute atomic E-state index is 0.127. The molecular formula is C64H4O2. The molecule has 33 rings (SSSR count). The fraction of sp³-hybridized carbons (Fsp3) is 0.0625. The van der Waals surface area contributed by atoms with Gasteiger partial charge in [0.05, 0.1) is 0 Å². The van der Waals surface area contributed by atoms with Gasteiger partial charge in [-0.25, -0.2) is 0 Å². The average molecular weight is 805 g/mol. The van der Waals surface area contributed by atoms with Crippen LogP contribution in [-0.4, -0.2) is 11.6 Å². The van der Waals surface area contributed by atoms with Gasteiger partial charge in [0, 0.05) is 23.7 Å². The molecule has 0 bridgehead atoms. The van der Waals surface area contributed by atoms with Crippen LogP contribution in [-0.2, 0) is 20.4 Å². The third kappa shape index (κ3) is 1.17. The third-order valence-electron chi connectivity index (χ3n) is 24.8. The molecule has 2 nitrogen and oxygen atoms in total. The predicted octanol–water partition coefficient (Wildman–Crippen LogP) is 16.2. The monoisotopic (exact) mass is 804 g/mol. The number of carbonyl (C=O) groups is 2. The van der Waals surface area contributed by atoms with Crippen LogP contribution >= 0.6 is 0 Å². The zero-order valence-electron chi connectivity index (χ0n) is 33.2. The third-order valence-corrected chi connectivity index (χ3v) is 24.8. The first kappa shape index (κ1) is 23.6. The molecule has 1 fully saturated rings. The maximum Gasteiger partial charge on any atom is 0.199 e. The first-order valence-electron chi connectivity index (χ1n) is 24.6. The van der Waals surface area contributed by atoms with Crippen molar-refractivity contribution in [2.24, 2.45) is 0 Å². The van der Waals surface area contributed by atoms with Crippen molar-refractivity contribution in [3.05, 3.63) is 22.3 Å². The molecule has 0 atom stereocenters. The van der Waals surface area contributed by atoms with Crippen molar-refractivity contribution in [2.75, 3.05) is 0 Å². The normalized spacial score (nSPS) is 23.5. The molecule has 0 heterocycles. The number of carbonyl (C=O) groups excluding carboxylic acids is 2. The number of benzene rings is 18. The van der Waals surface area contributed by atoms with E-state index in [-0.39, 0.29) is 11.6 Å². The van der Waals surface area contributed by atoms with Gasteiger partial charge < -0.3 is 0 Å². The van der Waals surface area contributed by atoms with E-state index in [0.29, 0.717) is 12.8 Å². The molecule has 66 heavy (non-hydrogen) atoms. The van der Waals surface area contributed by atoms with Crippen molar-refractivity contribution in [3.8, 4) is 0 Å². The number of hydrogen-bond donors (Lipinski definition) is 0. The molecular weight excluding hydrogens is 801 g/mol. The van der Waals surface area contributed by atoms with Gasteiger partial charge in [-0.3, -0.25) is 9.59 Å². The van der Waals surface area contributed by atoms with Gasteiger partial charge in [-0.1, -0.05) is 0 Å². The Kier molecular flexibility index (Phi) is 1.84. The van der Waals surface area contributed by atoms with Crippen LogP contribution in [0.2, 0.25) is 0 Å². The zero-order valence-corrected chi connectivity index (χ0v) is 33.2. The van der Waals surface area contributed by atoms with E-state index in [9.17, 15) is 0 Å². The van der Waals surface area contributed by atoms with Gasteiger partial charge >= 0.3 is 0 Å². The van der Waals surface area contributed by atoms with Gasteiger partial charge in [-0.05, 0) is 313 Å². The summed E-state index contributed by atoms with van der Waals surface area (Å²) in [6.45, 7) is 0. The topological polar surface area (TPSA) is 34.1 Å². The minimum Gasteiger partial charge on any atom is -0.291 e. The summed E-state index contributed by atoms with van der Waals surface area (Å²) in [5.74, 6) is -0.253. The van der Waals surface area contributed by atoms with E-state index in [2.05, 4.69) is 0 Å². The highest BCUT2D eigenvalue weighted by Gasteiger charge is 2.72. The molecule has 2 heteroatoms. The van der Waals surface area contributed by atoms with E-state index in [1.165, 1.54) is 108 Å². The van der Waals surface area contributed by atoms with Gasteiger partial charge in [0.15, 0.2) is 11.6 Å². The minimum atomic E-state index is -0.636. The number of ketones is 2.